The predicted octanol–water partition coefficient (Wildman–Crippen LogP) is 2.60. The Kier molecular flexibility index (Phi) is 3.93. The summed E-state index contributed by atoms with van der Waals surface area (Å²) < 4.78 is 0. The fourth-order valence-electron chi connectivity index (χ4n) is 1.50. The van der Waals surface area contributed by atoms with Gasteiger partial charge in [-0.2, -0.15) is 5.10 Å². The second kappa shape index (κ2) is 5.63. The first-order chi connectivity index (χ1) is 8.28. The quantitative estimate of drug-likeness (QED) is 0.855. The molecule has 0 fully saturated rings. The van der Waals surface area contributed by atoms with E-state index in [2.05, 4.69) is 15.5 Å². The number of thiophene rings is 1. The number of aryl methyl sites for hydroxylation is 2. The number of carbonyl (C=O) groups is 1. The zero-order valence-electron chi connectivity index (χ0n) is 9.69. The van der Waals surface area contributed by atoms with Gasteiger partial charge in [0.05, 0.1) is 0 Å². The maximum Gasteiger partial charge on any atom is 0.225 e. The first-order valence-corrected chi connectivity index (χ1v) is 6.52. The van der Waals surface area contributed by atoms with Crippen LogP contribution in [0, 0.1) is 0 Å². The van der Waals surface area contributed by atoms with Crippen molar-refractivity contribution in [2.75, 3.05) is 5.32 Å². The van der Waals surface area contributed by atoms with Gasteiger partial charge in [-0.05, 0) is 24.3 Å². The van der Waals surface area contributed by atoms with Crippen molar-refractivity contribution >= 4 is 23.1 Å². The highest BCUT2D eigenvalue weighted by atomic mass is 32.1. The molecule has 0 bridgehead atoms. The first kappa shape index (κ1) is 11.9. The van der Waals surface area contributed by atoms with Crippen LogP contribution in [0.3, 0.4) is 0 Å². The molecule has 2 N–H and O–H groups in total. The van der Waals surface area contributed by atoms with Crippen LogP contribution in [0.25, 0.3) is 0 Å². The number of nitrogens with zero attached hydrogens (tertiary/aromatic N) is 1. The Bertz CT molecular complexity index is 476. The largest absolute Gasteiger partial charge is 0.309 e. The minimum atomic E-state index is 0.00699. The van der Waals surface area contributed by atoms with E-state index in [0.717, 1.165) is 18.5 Å². The van der Waals surface area contributed by atoms with Gasteiger partial charge in [0.25, 0.3) is 0 Å². The summed E-state index contributed by atoms with van der Waals surface area (Å²) in [6.07, 6.45) is 2.17. The second-order valence-electron chi connectivity index (χ2n) is 3.76. The monoisotopic (exact) mass is 249 g/mol. The number of aromatic nitrogens is 2. The van der Waals surface area contributed by atoms with Crippen LogP contribution < -0.4 is 5.32 Å². The molecule has 2 aromatic heterocycles. The minimum absolute atomic E-state index is 0.00699. The summed E-state index contributed by atoms with van der Waals surface area (Å²) in [6, 6.07) is 5.91. The van der Waals surface area contributed by atoms with Gasteiger partial charge in [-0.3, -0.25) is 9.89 Å². The molecule has 0 aliphatic carbocycles. The number of nitrogens with one attached hydrogen (secondary N) is 2. The molecule has 0 spiro atoms. The third-order valence-corrected chi connectivity index (χ3v) is 3.39. The molecular formula is C12H15N3OS. The molecule has 0 aliphatic heterocycles. The molecule has 90 valence electrons. The van der Waals surface area contributed by atoms with E-state index in [4.69, 9.17) is 0 Å². The number of amides is 1. The van der Waals surface area contributed by atoms with E-state index in [1.807, 2.05) is 30.5 Å². The molecular weight excluding hydrogens is 234 g/mol. The minimum Gasteiger partial charge on any atom is -0.309 e. The molecule has 0 saturated carbocycles. The standard InChI is InChI=1S/C12H15N3OS/c1-2-9-8-11(15-14-9)13-12(16)6-5-10-4-3-7-17-10/h3-4,7-8H,2,5-6H2,1H3,(H2,13,14,15,16). The molecule has 4 nitrogen and oxygen atoms in total. The summed E-state index contributed by atoms with van der Waals surface area (Å²) >= 11 is 1.68. The Hall–Kier alpha value is -1.62. The third kappa shape index (κ3) is 3.42. The lowest BCUT2D eigenvalue weighted by Crippen LogP contribution is -2.12. The number of H-pyrrole nitrogens is 1. The number of hydrogen-bond acceptors (Lipinski definition) is 3. The van der Waals surface area contributed by atoms with Crippen molar-refractivity contribution in [2.24, 2.45) is 0 Å². The van der Waals surface area contributed by atoms with Crippen LogP contribution in [0.5, 0.6) is 0 Å². The van der Waals surface area contributed by atoms with Gasteiger partial charge in [0.15, 0.2) is 5.82 Å². The van der Waals surface area contributed by atoms with E-state index >= 15 is 0 Å². The number of hydrogen-bond donors (Lipinski definition) is 2. The van der Waals surface area contributed by atoms with Crippen LogP contribution in [-0.4, -0.2) is 16.1 Å². The van der Waals surface area contributed by atoms with E-state index in [-0.39, 0.29) is 5.91 Å². The number of rotatable bonds is 5. The average molecular weight is 249 g/mol. The van der Waals surface area contributed by atoms with Gasteiger partial charge in [0.1, 0.15) is 0 Å². The van der Waals surface area contributed by atoms with Gasteiger partial charge in [-0.15, -0.1) is 11.3 Å². The fraction of sp³-hybridized carbons (Fsp3) is 0.333. The summed E-state index contributed by atoms with van der Waals surface area (Å²) in [4.78, 5) is 12.9. The van der Waals surface area contributed by atoms with Gasteiger partial charge in [0.2, 0.25) is 5.91 Å². The van der Waals surface area contributed by atoms with Crippen LogP contribution >= 0.6 is 11.3 Å². The SMILES string of the molecule is CCc1cc(NC(=O)CCc2cccs2)n[nH]1. The molecule has 17 heavy (non-hydrogen) atoms. The summed E-state index contributed by atoms with van der Waals surface area (Å²) in [7, 11) is 0. The van der Waals surface area contributed by atoms with Crippen LogP contribution in [0.4, 0.5) is 5.82 Å². The lowest BCUT2D eigenvalue weighted by atomic mass is 10.2. The van der Waals surface area contributed by atoms with E-state index < -0.39 is 0 Å². The Morgan fingerprint density at radius 2 is 2.47 bits per heavy atom. The number of anilines is 1. The van der Waals surface area contributed by atoms with Crippen molar-refractivity contribution in [3.8, 4) is 0 Å². The fourth-order valence-corrected chi connectivity index (χ4v) is 2.21. The smallest absolute Gasteiger partial charge is 0.225 e. The van der Waals surface area contributed by atoms with Gasteiger partial charge in [0, 0.05) is 23.1 Å². The van der Waals surface area contributed by atoms with Gasteiger partial charge < -0.3 is 5.32 Å². The van der Waals surface area contributed by atoms with Crippen molar-refractivity contribution in [3.05, 3.63) is 34.2 Å². The van der Waals surface area contributed by atoms with Crippen LogP contribution in [0.15, 0.2) is 23.6 Å². The van der Waals surface area contributed by atoms with Crippen molar-refractivity contribution < 1.29 is 4.79 Å². The van der Waals surface area contributed by atoms with E-state index in [9.17, 15) is 4.79 Å². The summed E-state index contributed by atoms with van der Waals surface area (Å²) in [5.74, 6) is 0.616. The summed E-state index contributed by atoms with van der Waals surface area (Å²) in [6.45, 7) is 2.04. The Balaban J connectivity index is 1.81. The first-order valence-electron chi connectivity index (χ1n) is 5.64. The van der Waals surface area contributed by atoms with Crippen LogP contribution in [0.2, 0.25) is 0 Å². The lowest BCUT2D eigenvalue weighted by molar-refractivity contribution is -0.116. The number of aromatic amines is 1. The van der Waals surface area contributed by atoms with Crippen LogP contribution in [0.1, 0.15) is 23.9 Å². The lowest BCUT2D eigenvalue weighted by Gasteiger charge is -1.99. The highest BCUT2D eigenvalue weighted by molar-refractivity contribution is 7.09. The molecule has 0 saturated heterocycles. The molecule has 2 heterocycles. The zero-order valence-corrected chi connectivity index (χ0v) is 10.5. The van der Waals surface area contributed by atoms with Crippen molar-refractivity contribution in [2.45, 2.75) is 26.2 Å². The normalized spacial score (nSPS) is 10.4. The molecule has 1 amide bonds. The highest BCUT2D eigenvalue weighted by Gasteiger charge is 2.06. The molecule has 5 heteroatoms. The average Bonchev–Trinajstić information content (AvgIpc) is 2.97. The highest BCUT2D eigenvalue weighted by Crippen LogP contribution is 2.12. The van der Waals surface area contributed by atoms with Gasteiger partial charge in [-0.25, -0.2) is 0 Å². The molecule has 0 aromatic carbocycles. The molecule has 2 rings (SSSR count). The van der Waals surface area contributed by atoms with Crippen molar-refractivity contribution in [3.63, 3.8) is 0 Å². The predicted molar refractivity (Wildman–Crippen MR) is 69.2 cm³/mol. The van der Waals surface area contributed by atoms with Crippen molar-refractivity contribution in [1.82, 2.24) is 10.2 Å². The van der Waals surface area contributed by atoms with Crippen molar-refractivity contribution in [1.29, 1.82) is 0 Å². The summed E-state index contributed by atoms with van der Waals surface area (Å²) in [5.41, 5.74) is 1.03. The Morgan fingerprint density at radius 3 is 3.12 bits per heavy atom. The van der Waals surface area contributed by atoms with Gasteiger partial charge >= 0.3 is 0 Å². The third-order valence-electron chi connectivity index (χ3n) is 2.46. The van der Waals surface area contributed by atoms with Crippen LogP contribution in [-0.2, 0) is 17.6 Å². The summed E-state index contributed by atoms with van der Waals surface area (Å²) in [5, 5.41) is 11.7. The van der Waals surface area contributed by atoms with E-state index in [0.29, 0.717) is 12.2 Å². The number of carbonyl (C=O) groups excluding carboxylic acids is 1. The Labute approximate surface area is 104 Å². The Morgan fingerprint density at radius 1 is 1.59 bits per heavy atom. The topological polar surface area (TPSA) is 57.8 Å². The molecule has 0 unspecified atom stereocenters. The van der Waals surface area contributed by atoms with Gasteiger partial charge in [-0.1, -0.05) is 13.0 Å². The maximum absolute atomic E-state index is 11.6. The maximum atomic E-state index is 11.6. The molecule has 0 atom stereocenters. The van der Waals surface area contributed by atoms with E-state index in [1.165, 1.54) is 4.88 Å². The molecule has 2 aromatic rings. The molecule has 0 radical (unpaired) electrons. The van der Waals surface area contributed by atoms with E-state index in [1.54, 1.807) is 11.3 Å². The zero-order chi connectivity index (χ0) is 12.1. The second-order valence-corrected chi connectivity index (χ2v) is 4.79. The molecule has 0 aliphatic rings.